The van der Waals surface area contributed by atoms with Crippen LogP contribution in [0.4, 0.5) is 11.4 Å². The van der Waals surface area contributed by atoms with Gasteiger partial charge in [0.2, 0.25) is 0 Å². The number of fused-ring (bicyclic) bond motifs is 3. The Morgan fingerprint density at radius 3 is 3.00 bits per heavy atom. The van der Waals surface area contributed by atoms with Gasteiger partial charge in [-0.15, -0.1) is 0 Å². The third-order valence-electron chi connectivity index (χ3n) is 5.89. The lowest BCUT2D eigenvalue weighted by molar-refractivity contribution is 0.194. The Morgan fingerprint density at radius 2 is 2.17 bits per heavy atom. The van der Waals surface area contributed by atoms with E-state index in [9.17, 15) is 0 Å². The lowest BCUT2D eigenvalue weighted by Gasteiger charge is -2.50. The molecule has 1 aromatic heterocycles. The van der Waals surface area contributed by atoms with E-state index in [2.05, 4.69) is 18.8 Å². The maximum atomic E-state index is 9.08. The average molecular weight is 325 g/mol. The lowest BCUT2D eigenvalue weighted by atomic mass is 9.62. The molecule has 1 saturated carbocycles. The van der Waals surface area contributed by atoms with Gasteiger partial charge in [0, 0.05) is 40.8 Å². The number of hydrogen-bond donors (Lipinski definition) is 1. The summed E-state index contributed by atoms with van der Waals surface area (Å²) in [6.45, 7) is 4.35. The van der Waals surface area contributed by atoms with Crippen molar-refractivity contribution in [2.24, 2.45) is 0 Å². The number of nitrogens with zero attached hydrogens (tertiary/aromatic N) is 2. The molecule has 2 aliphatic rings. The van der Waals surface area contributed by atoms with Gasteiger partial charge < -0.3 is 14.6 Å². The molecule has 2 heterocycles. The smallest absolute Gasteiger partial charge is 0.537 e. The molecule has 0 amide bonds. The summed E-state index contributed by atoms with van der Waals surface area (Å²) in [6.07, 6.45) is 7.53. The van der Waals surface area contributed by atoms with Crippen molar-refractivity contribution in [2.75, 3.05) is 4.90 Å². The van der Waals surface area contributed by atoms with Gasteiger partial charge in [0.15, 0.2) is 0 Å². The number of rotatable bonds is 3. The summed E-state index contributed by atoms with van der Waals surface area (Å²) in [5.41, 5.74) is 1.57. The second-order valence-electron chi connectivity index (χ2n) is 6.94. The van der Waals surface area contributed by atoms with Crippen molar-refractivity contribution < 1.29 is 15.2 Å². The molecular formula is C19H22BN2O2. The van der Waals surface area contributed by atoms with Crippen LogP contribution < -0.4 is 9.55 Å². The third kappa shape index (κ3) is 2.00. The van der Waals surface area contributed by atoms with Crippen LogP contribution in [0.5, 0.6) is 5.75 Å². The van der Waals surface area contributed by atoms with E-state index < -0.39 is 5.54 Å². The SMILES string of the molecule is [2H]c1c([2H])c(O[B]O)c([2H])c(N2c3ccncc3C3(C)CCCCC23C)c1[2H]. The molecule has 1 fully saturated rings. The van der Waals surface area contributed by atoms with Crippen LogP contribution >= 0.6 is 0 Å². The predicted molar refractivity (Wildman–Crippen MR) is 95.6 cm³/mol. The minimum atomic E-state index is -0.404. The van der Waals surface area contributed by atoms with Crippen LogP contribution in [0.3, 0.4) is 0 Å². The van der Waals surface area contributed by atoms with E-state index in [1.807, 2.05) is 17.2 Å². The molecule has 5 heteroatoms. The van der Waals surface area contributed by atoms with E-state index in [1.165, 1.54) is 0 Å². The van der Waals surface area contributed by atoms with E-state index in [-0.39, 0.29) is 41.0 Å². The first-order valence-electron chi connectivity index (χ1n) is 10.3. The molecule has 2 aromatic rings. The summed E-state index contributed by atoms with van der Waals surface area (Å²) in [5, 5.41) is 9.08. The molecule has 0 bridgehead atoms. The summed E-state index contributed by atoms with van der Waals surface area (Å²) in [6, 6.07) is 0.829. The topological polar surface area (TPSA) is 45.6 Å². The van der Waals surface area contributed by atoms with Crippen LogP contribution in [0, 0.1) is 0 Å². The van der Waals surface area contributed by atoms with Crippen LogP contribution in [0.2, 0.25) is 0 Å². The van der Waals surface area contributed by atoms with Crippen molar-refractivity contribution in [3.05, 3.63) is 48.2 Å². The fourth-order valence-electron chi connectivity index (χ4n) is 4.46. The number of anilines is 2. The van der Waals surface area contributed by atoms with E-state index in [0.29, 0.717) is 7.69 Å². The quantitative estimate of drug-likeness (QED) is 0.874. The molecule has 1 radical (unpaired) electrons. The van der Waals surface area contributed by atoms with Crippen LogP contribution in [0.25, 0.3) is 0 Å². The highest BCUT2D eigenvalue weighted by molar-refractivity contribution is 6.17. The molecule has 123 valence electrons. The van der Waals surface area contributed by atoms with Crippen molar-refractivity contribution in [3.8, 4) is 5.75 Å². The second kappa shape index (κ2) is 5.52. The normalized spacial score (nSPS) is 30.5. The zero-order chi connectivity index (χ0) is 20.3. The molecule has 4 rings (SSSR count). The molecule has 2 unspecified atom stereocenters. The molecule has 1 aliphatic carbocycles. The Balaban J connectivity index is 2.04. The van der Waals surface area contributed by atoms with Gasteiger partial charge in [-0.25, -0.2) is 0 Å². The Bertz CT molecular complexity index is 960. The molecule has 2 atom stereocenters. The average Bonchev–Trinajstić information content (AvgIpc) is 2.89. The standard InChI is InChI=1S/C19H22BN2O2/c1-18-9-3-4-10-19(18,2)22(17-8-11-21-13-16(17)18)14-6-5-7-15(12-14)24-20-23/h5-8,11-13,23H,3-4,9-10H2,1-2H3/i5D,6D,7D,12D. The molecule has 4 nitrogen and oxygen atoms in total. The fraction of sp³-hybridized carbons (Fsp3) is 0.421. The fourth-order valence-corrected chi connectivity index (χ4v) is 4.46. The Kier molecular flexibility index (Phi) is 2.65. The minimum absolute atomic E-state index is 0.171. The highest BCUT2D eigenvalue weighted by Crippen LogP contribution is 2.60. The maximum Gasteiger partial charge on any atom is 0.569 e. The summed E-state index contributed by atoms with van der Waals surface area (Å²) in [4.78, 5) is 6.31. The van der Waals surface area contributed by atoms with Crippen molar-refractivity contribution in [1.82, 2.24) is 4.98 Å². The maximum absolute atomic E-state index is 9.08. The van der Waals surface area contributed by atoms with Gasteiger partial charge in [0.05, 0.1) is 11.0 Å². The van der Waals surface area contributed by atoms with E-state index >= 15 is 0 Å². The summed E-state index contributed by atoms with van der Waals surface area (Å²) >= 11 is 0. The van der Waals surface area contributed by atoms with Crippen LogP contribution in [-0.2, 0) is 5.41 Å². The van der Waals surface area contributed by atoms with Gasteiger partial charge in [0.1, 0.15) is 5.75 Å². The number of pyridine rings is 1. The number of aromatic nitrogens is 1. The second-order valence-corrected chi connectivity index (χ2v) is 6.94. The monoisotopic (exact) mass is 325 g/mol. The van der Waals surface area contributed by atoms with E-state index in [0.717, 1.165) is 36.9 Å². The van der Waals surface area contributed by atoms with Gasteiger partial charge in [-0.3, -0.25) is 4.98 Å². The predicted octanol–water partition coefficient (Wildman–Crippen LogP) is 3.73. The van der Waals surface area contributed by atoms with Crippen LogP contribution in [0.15, 0.2) is 42.6 Å². The summed E-state index contributed by atoms with van der Waals surface area (Å²) in [7, 11) is 0.409. The molecular weight excluding hydrogens is 299 g/mol. The Morgan fingerprint density at radius 1 is 1.33 bits per heavy atom. The largest absolute Gasteiger partial charge is 0.569 e. The minimum Gasteiger partial charge on any atom is -0.537 e. The molecule has 24 heavy (non-hydrogen) atoms. The van der Waals surface area contributed by atoms with Crippen molar-refractivity contribution >= 4 is 19.1 Å². The van der Waals surface area contributed by atoms with Crippen molar-refractivity contribution in [3.63, 3.8) is 0 Å². The van der Waals surface area contributed by atoms with Gasteiger partial charge in [-0.1, -0.05) is 25.8 Å². The summed E-state index contributed by atoms with van der Waals surface area (Å²) < 4.78 is 38.5. The van der Waals surface area contributed by atoms with E-state index in [1.54, 1.807) is 6.20 Å². The van der Waals surface area contributed by atoms with E-state index in [4.69, 9.17) is 15.2 Å². The zero-order valence-corrected chi connectivity index (χ0v) is 13.9. The van der Waals surface area contributed by atoms with Crippen molar-refractivity contribution in [2.45, 2.75) is 50.5 Å². The lowest BCUT2D eigenvalue weighted by Crippen LogP contribution is -2.54. The zero-order valence-electron chi connectivity index (χ0n) is 17.9. The highest BCUT2D eigenvalue weighted by atomic mass is 16.5. The van der Waals surface area contributed by atoms with Crippen LogP contribution in [0.1, 0.15) is 50.6 Å². The van der Waals surface area contributed by atoms with Crippen LogP contribution in [-0.4, -0.2) is 23.2 Å². The summed E-state index contributed by atoms with van der Waals surface area (Å²) in [5.74, 6) is -0.220. The Hall–Kier alpha value is -2.01. The molecule has 1 N–H and O–H groups in total. The highest BCUT2D eigenvalue weighted by Gasteiger charge is 2.57. The first-order valence-corrected chi connectivity index (χ1v) is 8.25. The van der Waals surface area contributed by atoms with Gasteiger partial charge in [-0.2, -0.15) is 0 Å². The third-order valence-corrected chi connectivity index (χ3v) is 5.89. The number of hydrogen-bond acceptors (Lipinski definition) is 4. The molecule has 1 aromatic carbocycles. The first-order chi connectivity index (χ1) is 13.3. The Labute approximate surface area is 149 Å². The van der Waals surface area contributed by atoms with Gasteiger partial charge in [-0.05, 0) is 37.9 Å². The number of benzene rings is 1. The molecule has 1 aliphatic heterocycles. The first kappa shape index (κ1) is 11.5. The van der Waals surface area contributed by atoms with Gasteiger partial charge >= 0.3 is 7.69 Å². The van der Waals surface area contributed by atoms with Gasteiger partial charge in [0.25, 0.3) is 0 Å². The molecule has 0 spiro atoms. The molecule has 0 saturated heterocycles. The van der Waals surface area contributed by atoms with Crippen molar-refractivity contribution in [1.29, 1.82) is 0 Å².